The van der Waals surface area contributed by atoms with Crippen molar-refractivity contribution in [3.63, 3.8) is 0 Å². The van der Waals surface area contributed by atoms with Crippen LogP contribution < -0.4 is 0 Å². The van der Waals surface area contributed by atoms with Gasteiger partial charge in [0, 0.05) is 19.3 Å². The fourth-order valence-electron chi connectivity index (χ4n) is 0.908. The van der Waals surface area contributed by atoms with Crippen molar-refractivity contribution >= 4 is 5.69 Å². The Morgan fingerprint density at radius 1 is 1.82 bits per heavy atom. The van der Waals surface area contributed by atoms with E-state index in [9.17, 15) is 10.1 Å². The second-order valence-corrected chi connectivity index (χ2v) is 2.17. The molecule has 5 heteroatoms. The fraction of sp³-hybridized carbons (Fsp3) is 0.333. The van der Waals surface area contributed by atoms with Gasteiger partial charge in [0.15, 0.2) is 0 Å². The largest absolute Gasteiger partial charge is 0.390 e. The first kappa shape index (κ1) is 7.74. The Hall–Kier alpha value is -1.36. The third kappa shape index (κ3) is 1.22. The van der Waals surface area contributed by atoms with Crippen LogP contribution in [0.1, 0.15) is 5.69 Å². The zero-order valence-corrected chi connectivity index (χ0v) is 6.02. The summed E-state index contributed by atoms with van der Waals surface area (Å²) in [6.07, 6.45) is 1.55. The number of aryl methyl sites for hydroxylation is 1. The van der Waals surface area contributed by atoms with E-state index in [2.05, 4.69) is 0 Å². The SMILES string of the molecule is Cn1ccc([N+](=O)[O-])c1CO. The average molecular weight is 156 g/mol. The molecule has 0 radical (unpaired) electrons. The van der Waals surface area contributed by atoms with Gasteiger partial charge in [-0.15, -0.1) is 0 Å². The highest BCUT2D eigenvalue weighted by Gasteiger charge is 2.15. The zero-order valence-electron chi connectivity index (χ0n) is 6.02. The molecule has 0 aromatic carbocycles. The summed E-state index contributed by atoms with van der Waals surface area (Å²) in [4.78, 5) is 9.77. The number of aromatic nitrogens is 1. The van der Waals surface area contributed by atoms with Crippen LogP contribution in [0.25, 0.3) is 0 Å². The summed E-state index contributed by atoms with van der Waals surface area (Å²) in [5.41, 5.74) is 0.296. The Balaban J connectivity index is 3.15. The van der Waals surface area contributed by atoms with Crippen LogP contribution in [-0.4, -0.2) is 14.6 Å². The van der Waals surface area contributed by atoms with Crippen LogP contribution in [0.4, 0.5) is 5.69 Å². The molecule has 0 bridgehead atoms. The third-order valence-electron chi connectivity index (χ3n) is 1.52. The van der Waals surface area contributed by atoms with E-state index in [0.717, 1.165) is 0 Å². The molecule has 1 rings (SSSR count). The van der Waals surface area contributed by atoms with E-state index in [4.69, 9.17) is 5.11 Å². The molecule has 1 aromatic rings. The quantitative estimate of drug-likeness (QED) is 0.498. The molecule has 0 aliphatic carbocycles. The standard InChI is InChI=1S/C6H8N2O3/c1-7-3-2-5(8(10)11)6(7)4-9/h2-3,9H,4H2,1H3. The van der Waals surface area contributed by atoms with Crippen molar-refractivity contribution in [2.24, 2.45) is 7.05 Å². The van der Waals surface area contributed by atoms with Gasteiger partial charge < -0.3 is 9.67 Å². The molecule has 0 amide bonds. The maximum atomic E-state index is 10.3. The van der Waals surface area contributed by atoms with E-state index in [1.54, 1.807) is 13.2 Å². The van der Waals surface area contributed by atoms with Gasteiger partial charge in [0.25, 0.3) is 5.69 Å². The predicted molar refractivity (Wildman–Crippen MR) is 38.0 cm³/mol. The summed E-state index contributed by atoms with van der Waals surface area (Å²) in [5.74, 6) is 0. The van der Waals surface area contributed by atoms with Crippen LogP contribution >= 0.6 is 0 Å². The number of nitrogens with zero attached hydrogens (tertiary/aromatic N) is 2. The first-order valence-corrected chi connectivity index (χ1v) is 3.06. The Bertz CT molecular complexity index is 279. The monoisotopic (exact) mass is 156 g/mol. The third-order valence-corrected chi connectivity index (χ3v) is 1.52. The number of hydrogen-bond donors (Lipinski definition) is 1. The van der Waals surface area contributed by atoms with Crippen molar-refractivity contribution in [1.29, 1.82) is 0 Å². The van der Waals surface area contributed by atoms with Crippen LogP contribution in [0.5, 0.6) is 0 Å². The minimum atomic E-state index is -0.508. The second kappa shape index (κ2) is 2.71. The Kier molecular flexibility index (Phi) is 1.91. The molecule has 5 nitrogen and oxygen atoms in total. The van der Waals surface area contributed by atoms with Crippen LogP contribution in [0.2, 0.25) is 0 Å². The smallest absolute Gasteiger partial charge is 0.292 e. The van der Waals surface area contributed by atoms with E-state index in [-0.39, 0.29) is 12.3 Å². The Labute approximate surface area is 63.0 Å². The first-order chi connectivity index (χ1) is 5.16. The van der Waals surface area contributed by atoms with E-state index in [1.807, 2.05) is 0 Å². The van der Waals surface area contributed by atoms with Gasteiger partial charge >= 0.3 is 0 Å². The van der Waals surface area contributed by atoms with Crippen LogP contribution in [0.3, 0.4) is 0 Å². The molecule has 1 aromatic heterocycles. The van der Waals surface area contributed by atoms with Gasteiger partial charge in [-0.1, -0.05) is 0 Å². The molecule has 0 aliphatic heterocycles. The number of rotatable bonds is 2. The lowest BCUT2D eigenvalue weighted by atomic mass is 10.4. The molecule has 0 unspecified atom stereocenters. The normalized spacial score (nSPS) is 10.0. The number of aliphatic hydroxyl groups excluding tert-OH is 1. The second-order valence-electron chi connectivity index (χ2n) is 2.17. The molecule has 0 fully saturated rings. The van der Waals surface area contributed by atoms with Gasteiger partial charge in [-0.05, 0) is 0 Å². The minimum Gasteiger partial charge on any atom is -0.390 e. The van der Waals surface area contributed by atoms with Crippen molar-refractivity contribution in [1.82, 2.24) is 4.57 Å². The Morgan fingerprint density at radius 3 is 2.82 bits per heavy atom. The summed E-state index contributed by atoms with van der Waals surface area (Å²) >= 11 is 0. The predicted octanol–water partition coefficient (Wildman–Crippen LogP) is 0.426. The van der Waals surface area contributed by atoms with Crippen molar-refractivity contribution in [2.45, 2.75) is 6.61 Å². The van der Waals surface area contributed by atoms with E-state index >= 15 is 0 Å². The zero-order chi connectivity index (χ0) is 8.43. The highest BCUT2D eigenvalue weighted by atomic mass is 16.6. The highest BCUT2D eigenvalue weighted by molar-refractivity contribution is 5.35. The summed E-state index contributed by atoms with van der Waals surface area (Å²) < 4.78 is 1.53. The Morgan fingerprint density at radius 2 is 2.45 bits per heavy atom. The van der Waals surface area contributed by atoms with Gasteiger partial charge in [0.2, 0.25) is 0 Å². The van der Waals surface area contributed by atoms with Crippen molar-refractivity contribution in [3.05, 3.63) is 28.1 Å². The molecule has 1 N–H and O–H groups in total. The first-order valence-electron chi connectivity index (χ1n) is 3.06. The molecule has 0 atom stereocenters. The molecular formula is C6H8N2O3. The van der Waals surface area contributed by atoms with Crippen molar-refractivity contribution < 1.29 is 10.0 Å². The maximum Gasteiger partial charge on any atom is 0.292 e. The molecule has 0 saturated carbocycles. The summed E-state index contributed by atoms with van der Waals surface area (Å²) in [7, 11) is 1.65. The van der Waals surface area contributed by atoms with Gasteiger partial charge in [-0.3, -0.25) is 10.1 Å². The maximum absolute atomic E-state index is 10.3. The fourth-order valence-corrected chi connectivity index (χ4v) is 0.908. The highest BCUT2D eigenvalue weighted by Crippen LogP contribution is 2.17. The topological polar surface area (TPSA) is 68.3 Å². The molecule has 1 heterocycles. The van der Waals surface area contributed by atoms with Crippen molar-refractivity contribution in [2.75, 3.05) is 0 Å². The number of hydrogen-bond acceptors (Lipinski definition) is 3. The molecule has 0 spiro atoms. The van der Waals surface area contributed by atoms with E-state index < -0.39 is 4.92 Å². The van der Waals surface area contributed by atoms with Crippen molar-refractivity contribution in [3.8, 4) is 0 Å². The van der Waals surface area contributed by atoms with Gasteiger partial charge in [0.1, 0.15) is 5.69 Å². The molecule has 60 valence electrons. The lowest BCUT2D eigenvalue weighted by Crippen LogP contribution is -1.98. The summed E-state index contributed by atoms with van der Waals surface area (Å²) in [5, 5.41) is 19.0. The molecule has 11 heavy (non-hydrogen) atoms. The van der Waals surface area contributed by atoms with Gasteiger partial charge in [0.05, 0.1) is 11.5 Å². The number of aliphatic hydroxyl groups is 1. The molecule has 0 aliphatic rings. The molecule has 0 saturated heterocycles. The average Bonchev–Trinajstić information content (AvgIpc) is 2.30. The van der Waals surface area contributed by atoms with Crippen LogP contribution in [0.15, 0.2) is 12.3 Å². The van der Waals surface area contributed by atoms with Crippen LogP contribution in [-0.2, 0) is 13.7 Å². The van der Waals surface area contributed by atoms with Gasteiger partial charge in [-0.25, -0.2) is 0 Å². The summed E-state index contributed by atoms with van der Waals surface area (Å²) in [6.45, 7) is -0.306. The van der Waals surface area contributed by atoms with Crippen LogP contribution in [0, 0.1) is 10.1 Å². The minimum absolute atomic E-state index is 0.0324. The van der Waals surface area contributed by atoms with Gasteiger partial charge in [-0.2, -0.15) is 0 Å². The lowest BCUT2D eigenvalue weighted by Gasteiger charge is -1.96. The summed E-state index contributed by atoms with van der Waals surface area (Å²) in [6, 6.07) is 1.37. The van der Waals surface area contributed by atoms with E-state index in [1.165, 1.54) is 10.6 Å². The lowest BCUT2D eigenvalue weighted by molar-refractivity contribution is -0.385. The number of nitro groups is 1. The van der Waals surface area contributed by atoms with E-state index in [0.29, 0.717) is 5.69 Å². The molecular weight excluding hydrogens is 148 g/mol.